The minimum atomic E-state index is -0.143. The summed E-state index contributed by atoms with van der Waals surface area (Å²) >= 11 is 0. The van der Waals surface area contributed by atoms with Gasteiger partial charge in [0.2, 0.25) is 0 Å². The van der Waals surface area contributed by atoms with E-state index in [0.717, 1.165) is 39.7 Å². The van der Waals surface area contributed by atoms with Crippen LogP contribution < -0.4 is 4.90 Å². The molecule has 0 fully saturated rings. The Bertz CT molecular complexity index is 2860. The van der Waals surface area contributed by atoms with E-state index in [1.165, 1.54) is 66.8 Å². The first-order chi connectivity index (χ1) is 28.0. The van der Waals surface area contributed by atoms with Gasteiger partial charge in [0, 0.05) is 39.3 Å². The van der Waals surface area contributed by atoms with Crippen molar-refractivity contribution >= 4 is 17.2 Å². The van der Waals surface area contributed by atoms with Gasteiger partial charge in [0.05, 0.1) is 17.1 Å². The number of nitrogens with zero attached hydrogens (tertiary/aromatic N) is 3. The summed E-state index contributed by atoms with van der Waals surface area (Å²) in [5.74, 6) is 0.856. The van der Waals surface area contributed by atoms with E-state index in [-0.39, 0.29) is 16.2 Å². The average Bonchev–Trinajstić information content (AvgIpc) is 3.73. The van der Waals surface area contributed by atoms with Crippen molar-refractivity contribution in [3.05, 3.63) is 197 Å². The second-order valence-corrected chi connectivity index (χ2v) is 17.9. The molecule has 0 amide bonds. The highest BCUT2D eigenvalue weighted by Gasteiger charge is 2.38. The number of pyridine rings is 2. The van der Waals surface area contributed by atoms with Crippen LogP contribution in [0.2, 0.25) is 0 Å². The second kappa shape index (κ2) is 12.2. The molecular weight excluding hydrogens is 703 g/mol. The molecule has 0 N–H and O–H groups in total. The summed E-state index contributed by atoms with van der Waals surface area (Å²) in [6, 6.07) is 58.1. The van der Waals surface area contributed by atoms with Crippen molar-refractivity contribution < 1.29 is 0 Å². The van der Waals surface area contributed by atoms with Crippen LogP contribution in [0.25, 0.3) is 55.9 Å². The average molecular weight is 748 g/mol. The molecule has 3 nitrogen and oxygen atoms in total. The first-order valence-corrected chi connectivity index (χ1v) is 20.5. The molecule has 6 aromatic carbocycles. The molecule has 2 aromatic heterocycles. The van der Waals surface area contributed by atoms with E-state index >= 15 is 0 Å². The Morgan fingerprint density at radius 2 is 0.776 bits per heavy atom. The smallest absolute Gasteiger partial charge is 0.137 e. The number of benzene rings is 6. The van der Waals surface area contributed by atoms with Gasteiger partial charge in [0.1, 0.15) is 5.82 Å². The predicted molar refractivity (Wildman–Crippen MR) is 240 cm³/mol. The van der Waals surface area contributed by atoms with Gasteiger partial charge in [0.25, 0.3) is 0 Å². The van der Waals surface area contributed by atoms with Gasteiger partial charge in [-0.15, -0.1) is 0 Å². The number of hydrogen-bond donors (Lipinski definition) is 0. The molecule has 3 aliphatic carbocycles. The maximum absolute atomic E-state index is 5.55. The van der Waals surface area contributed by atoms with Crippen molar-refractivity contribution in [2.75, 3.05) is 4.90 Å². The Morgan fingerprint density at radius 1 is 0.362 bits per heavy atom. The van der Waals surface area contributed by atoms with E-state index in [1.54, 1.807) is 0 Å². The molecule has 280 valence electrons. The van der Waals surface area contributed by atoms with E-state index < -0.39 is 0 Å². The monoisotopic (exact) mass is 747 g/mol. The van der Waals surface area contributed by atoms with Crippen molar-refractivity contribution in [1.29, 1.82) is 0 Å². The second-order valence-electron chi connectivity index (χ2n) is 17.9. The molecule has 0 unspecified atom stereocenters. The molecule has 0 aliphatic heterocycles. The van der Waals surface area contributed by atoms with Crippen molar-refractivity contribution in [2.24, 2.45) is 0 Å². The van der Waals surface area contributed by atoms with Gasteiger partial charge in [-0.3, -0.25) is 4.90 Å². The molecule has 58 heavy (non-hydrogen) atoms. The molecular formula is C55H45N3. The molecule has 2 heterocycles. The highest BCUT2D eigenvalue weighted by Crippen LogP contribution is 2.53. The van der Waals surface area contributed by atoms with Crippen LogP contribution in [0.5, 0.6) is 0 Å². The third-order valence-electron chi connectivity index (χ3n) is 13.5. The van der Waals surface area contributed by atoms with E-state index in [4.69, 9.17) is 9.97 Å². The summed E-state index contributed by atoms with van der Waals surface area (Å²) in [7, 11) is 0. The van der Waals surface area contributed by atoms with Crippen LogP contribution >= 0.6 is 0 Å². The largest absolute Gasteiger partial charge is 0.295 e. The lowest BCUT2D eigenvalue weighted by Crippen LogP contribution is -2.17. The van der Waals surface area contributed by atoms with Crippen molar-refractivity contribution in [3.8, 4) is 55.9 Å². The number of aromatic nitrogens is 2. The summed E-state index contributed by atoms with van der Waals surface area (Å²) in [5, 5.41) is 0. The summed E-state index contributed by atoms with van der Waals surface area (Å²) in [4.78, 5) is 12.9. The van der Waals surface area contributed by atoms with Crippen LogP contribution in [0, 0.1) is 0 Å². The SMILES string of the molecule is CC1(C)c2ccccc2-c2ccc(-c3cc(N(c4ccc5c(c4)C(C)(C)c4ccccc4-5)c4ccccn4)cc(-c4ccc5c(c4)C(C)(C)c4ccccc4-5)n3)cc21. The molecule has 0 spiro atoms. The minimum Gasteiger partial charge on any atom is -0.295 e. The van der Waals surface area contributed by atoms with Crippen LogP contribution in [-0.2, 0) is 16.2 Å². The van der Waals surface area contributed by atoms with Crippen LogP contribution in [0.4, 0.5) is 17.2 Å². The third kappa shape index (κ3) is 4.92. The molecule has 0 bridgehead atoms. The zero-order valence-corrected chi connectivity index (χ0v) is 33.9. The molecule has 8 aromatic rings. The zero-order chi connectivity index (χ0) is 39.6. The van der Waals surface area contributed by atoms with Gasteiger partial charge in [0.15, 0.2) is 0 Å². The standard InChI is InChI=1S/C55H45N3/c1-53(2)44-18-10-7-15-38(44)41-25-22-34(29-47(41)53)50-32-37(33-51(57-50)35-23-26-42-39-16-8-11-19-45(39)54(3,4)48(42)30-35)58(52-21-13-14-28-56-52)36-24-27-43-40-17-9-12-20-46(40)55(5,6)49(43)31-36/h7-33H,1-6H3. The summed E-state index contributed by atoms with van der Waals surface area (Å²) in [6.07, 6.45) is 1.89. The van der Waals surface area contributed by atoms with Gasteiger partial charge in [-0.1, -0.05) is 151 Å². The Morgan fingerprint density at radius 3 is 1.24 bits per heavy atom. The zero-order valence-electron chi connectivity index (χ0n) is 33.9. The summed E-state index contributed by atoms with van der Waals surface area (Å²) < 4.78 is 0. The van der Waals surface area contributed by atoms with Crippen molar-refractivity contribution in [2.45, 2.75) is 57.8 Å². The van der Waals surface area contributed by atoms with E-state index in [2.05, 4.69) is 198 Å². The topological polar surface area (TPSA) is 29.0 Å². The van der Waals surface area contributed by atoms with Crippen LogP contribution in [0.15, 0.2) is 164 Å². The molecule has 0 radical (unpaired) electrons. The van der Waals surface area contributed by atoms with E-state index in [1.807, 2.05) is 12.3 Å². The minimum absolute atomic E-state index is 0.127. The fourth-order valence-corrected chi connectivity index (χ4v) is 10.4. The van der Waals surface area contributed by atoms with Crippen LogP contribution in [-0.4, -0.2) is 9.97 Å². The third-order valence-corrected chi connectivity index (χ3v) is 13.5. The normalized spacial score (nSPS) is 15.5. The lowest BCUT2D eigenvalue weighted by atomic mass is 9.81. The molecule has 0 atom stereocenters. The number of anilines is 3. The number of fused-ring (bicyclic) bond motifs is 9. The van der Waals surface area contributed by atoms with E-state index in [9.17, 15) is 0 Å². The lowest BCUT2D eigenvalue weighted by molar-refractivity contribution is 0.660. The number of hydrogen-bond acceptors (Lipinski definition) is 3. The molecule has 3 heteroatoms. The Balaban J connectivity index is 1.13. The van der Waals surface area contributed by atoms with Crippen molar-refractivity contribution in [3.63, 3.8) is 0 Å². The first kappa shape index (κ1) is 34.7. The van der Waals surface area contributed by atoms with E-state index in [0.29, 0.717) is 0 Å². The molecule has 3 aliphatic rings. The highest BCUT2D eigenvalue weighted by atomic mass is 15.2. The highest BCUT2D eigenvalue weighted by molar-refractivity contribution is 5.89. The lowest BCUT2D eigenvalue weighted by Gasteiger charge is -2.28. The Kier molecular flexibility index (Phi) is 7.30. The Hall–Kier alpha value is -6.58. The summed E-state index contributed by atoms with van der Waals surface area (Å²) in [5.41, 5.74) is 21.7. The molecule has 11 rings (SSSR count). The molecule has 0 saturated heterocycles. The Labute approximate surface area is 341 Å². The molecule has 0 saturated carbocycles. The van der Waals surface area contributed by atoms with Gasteiger partial charge in [-0.2, -0.15) is 0 Å². The van der Waals surface area contributed by atoms with Gasteiger partial charge >= 0.3 is 0 Å². The fraction of sp³-hybridized carbons (Fsp3) is 0.164. The van der Waals surface area contributed by atoms with Gasteiger partial charge in [-0.05, 0) is 115 Å². The quantitative estimate of drug-likeness (QED) is 0.176. The van der Waals surface area contributed by atoms with Gasteiger partial charge < -0.3 is 0 Å². The predicted octanol–water partition coefficient (Wildman–Crippen LogP) is 14.2. The summed E-state index contributed by atoms with van der Waals surface area (Å²) in [6.45, 7) is 14.1. The fourth-order valence-electron chi connectivity index (χ4n) is 10.4. The maximum atomic E-state index is 5.55. The van der Waals surface area contributed by atoms with Crippen LogP contribution in [0.3, 0.4) is 0 Å². The van der Waals surface area contributed by atoms with Gasteiger partial charge in [-0.25, -0.2) is 9.97 Å². The van der Waals surface area contributed by atoms with Crippen LogP contribution in [0.1, 0.15) is 74.9 Å². The first-order valence-electron chi connectivity index (χ1n) is 20.5. The number of rotatable bonds is 5. The van der Waals surface area contributed by atoms with Crippen molar-refractivity contribution in [1.82, 2.24) is 9.97 Å². The maximum Gasteiger partial charge on any atom is 0.137 e.